The van der Waals surface area contributed by atoms with Crippen LogP contribution in [0.5, 0.6) is 5.75 Å². The normalized spacial score (nSPS) is 15.9. The number of esters is 1. The molecule has 2 aromatic carbocycles. The van der Waals surface area contributed by atoms with Crippen LogP contribution in [0.15, 0.2) is 88.7 Å². The average molecular weight is 418 g/mol. The van der Waals surface area contributed by atoms with Gasteiger partial charge in [-0.05, 0) is 49.0 Å². The second kappa shape index (κ2) is 8.34. The number of benzene rings is 2. The Kier molecular flexibility index (Phi) is 5.45. The van der Waals surface area contributed by atoms with Crippen LogP contribution in [0.3, 0.4) is 0 Å². The van der Waals surface area contributed by atoms with E-state index >= 15 is 0 Å². The second-order valence-electron chi connectivity index (χ2n) is 6.70. The minimum Gasteiger partial charge on any atom is -0.457 e. The lowest BCUT2D eigenvalue weighted by Gasteiger charge is -2.30. The van der Waals surface area contributed by atoms with Crippen LogP contribution in [-0.4, -0.2) is 16.9 Å². The fourth-order valence-electron chi connectivity index (χ4n) is 3.30. The summed E-state index contributed by atoms with van der Waals surface area (Å²) in [5.74, 6) is -0.265. The number of ether oxygens (including phenoxy) is 1. The van der Waals surface area contributed by atoms with Gasteiger partial charge in [0.1, 0.15) is 5.75 Å². The van der Waals surface area contributed by atoms with E-state index in [0.717, 1.165) is 5.56 Å². The number of hydrogen-bond acceptors (Lipinski definition) is 5. The van der Waals surface area contributed by atoms with E-state index < -0.39 is 12.0 Å². The van der Waals surface area contributed by atoms with Gasteiger partial charge in [0.2, 0.25) is 5.76 Å². The molecule has 4 rings (SSSR count). The van der Waals surface area contributed by atoms with E-state index in [1.807, 2.05) is 31.2 Å². The van der Waals surface area contributed by atoms with Gasteiger partial charge in [-0.1, -0.05) is 42.5 Å². The first-order valence-electron chi connectivity index (χ1n) is 9.26. The molecule has 2 N–H and O–H groups in total. The Morgan fingerprint density at radius 2 is 1.83 bits per heavy atom. The largest absolute Gasteiger partial charge is 0.457 e. The topological polar surface area (TPSA) is 80.6 Å². The Hall–Kier alpha value is -3.71. The molecule has 1 aliphatic rings. The summed E-state index contributed by atoms with van der Waals surface area (Å²) in [4.78, 5) is 25.4. The predicted molar refractivity (Wildman–Crippen MR) is 115 cm³/mol. The zero-order valence-corrected chi connectivity index (χ0v) is 16.9. The number of nitrogens with one attached hydrogen (secondary N) is 2. The molecule has 0 fully saturated rings. The van der Waals surface area contributed by atoms with Gasteiger partial charge in [0.25, 0.3) is 0 Å². The first-order chi connectivity index (χ1) is 14.5. The van der Waals surface area contributed by atoms with Crippen molar-refractivity contribution in [2.45, 2.75) is 13.0 Å². The van der Waals surface area contributed by atoms with Crippen LogP contribution in [0.2, 0.25) is 0 Å². The lowest BCUT2D eigenvalue weighted by atomic mass is 9.89. The summed E-state index contributed by atoms with van der Waals surface area (Å²) < 4.78 is 10.5. The summed E-state index contributed by atoms with van der Waals surface area (Å²) in [6.07, 6.45) is 1.40. The summed E-state index contributed by atoms with van der Waals surface area (Å²) >= 11 is 5.31. The number of ketones is 1. The highest BCUT2D eigenvalue weighted by molar-refractivity contribution is 7.80. The standard InChI is InChI=1S/C23H18N2O4S/c1-14-19(21(26)15-7-3-2-4-8-15)20(25-23(30)24-14)16-9-5-10-17(13-16)29-22(27)18-11-6-12-28-18/h2-13,20H,1H3,(H2,24,25,30). The van der Waals surface area contributed by atoms with E-state index in [1.54, 1.807) is 36.4 Å². The van der Waals surface area contributed by atoms with Crippen molar-refractivity contribution in [1.82, 2.24) is 10.6 Å². The smallest absolute Gasteiger partial charge is 0.379 e. The maximum atomic E-state index is 13.2. The van der Waals surface area contributed by atoms with E-state index in [-0.39, 0.29) is 11.5 Å². The maximum Gasteiger partial charge on any atom is 0.379 e. The molecule has 30 heavy (non-hydrogen) atoms. The van der Waals surface area contributed by atoms with Crippen LogP contribution in [0.1, 0.15) is 39.4 Å². The third-order valence-corrected chi connectivity index (χ3v) is 4.89. The van der Waals surface area contributed by atoms with Crippen molar-refractivity contribution >= 4 is 29.1 Å². The Bertz CT molecular complexity index is 1140. The zero-order valence-electron chi connectivity index (χ0n) is 16.0. The minimum atomic E-state index is -0.599. The number of thiocarbonyl (C=S) groups is 1. The van der Waals surface area contributed by atoms with E-state index in [2.05, 4.69) is 10.6 Å². The van der Waals surface area contributed by atoms with Crippen LogP contribution >= 0.6 is 12.2 Å². The Morgan fingerprint density at radius 1 is 1.03 bits per heavy atom. The SMILES string of the molecule is CC1=C(C(=O)c2ccccc2)C(c2cccc(OC(=O)c3ccco3)c2)NC(=S)N1. The molecule has 0 saturated carbocycles. The quantitative estimate of drug-likeness (QED) is 0.279. The second-order valence-corrected chi connectivity index (χ2v) is 7.11. The molecular weight excluding hydrogens is 400 g/mol. The molecule has 150 valence electrons. The van der Waals surface area contributed by atoms with Crippen LogP contribution in [0.25, 0.3) is 0 Å². The molecule has 0 radical (unpaired) electrons. The highest BCUT2D eigenvalue weighted by atomic mass is 32.1. The van der Waals surface area contributed by atoms with Gasteiger partial charge in [0.15, 0.2) is 10.9 Å². The van der Waals surface area contributed by atoms with Gasteiger partial charge in [-0.15, -0.1) is 0 Å². The Balaban J connectivity index is 1.67. The lowest BCUT2D eigenvalue weighted by molar-refractivity contribution is 0.0701. The highest BCUT2D eigenvalue weighted by Crippen LogP contribution is 2.31. The third-order valence-electron chi connectivity index (χ3n) is 4.67. The summed E-state index contributed by atoms with van der Waals surface area (Å²) in [5.41, 5.74) is 2.54. The number of allylic oxidation sites excluding steroid dienone is 1. The number of rotatable bonds is 5. The van der Waals surface area contributed by atoms with Gasteiger partial charge in [-0.25, -0.2) is 4.79 Å². The molecule has 0 bridgehead atoms. The van der Waals surface area contributed by atoms with Crippen LogP contribution < -0.4 is 15.4 Å². The van der Waals surface area contributed by atoms with Crippen molar-refractivity contribution < 1.29 is 18.7 Å². The summed E-state index contributed by atoms with van der Waals surface area (Å²) in [5, 5.41) is 6.60. The summed E-state index contributed by atoms with van der Waals surface area (Å²) in [7, 11) is 0. The fraction of sp³-hybridized carbons (Fsp3) is 0.0870. The van der Waals surface area contributed by atoms with E-state index in [1.165, 1.54) is 12.3 Å². The van der Waals surface area contributed by atoms with Crippen molar-refractivity contribution in [1.29, 1.82) is 0 Å². The number of carbonyl (C=O) groups excluding carboxylic acids is 2. The van der Waals surface area contributed by atoms with Crippen LogP contribution in [0.4, 0.5) is 0 Å². The van der Waals surface area contributed by atoms with Gasteiger partial charge in [-0.2, -0.15) is 0 Å². The van der Waals surface area contributed by atoms with Crippen molar-refractivity contribution in [3.8, 4) is 5.75 Å². The molecule has 0 aliphatic carbocycles. The molecule has 1 aromatic heterocycles. The van der Waals surface area contributed by atoms with Gasteiger partial charge >= 0.3 is 5.97 Å². The summed E-state index contributed by atoms with van der Waals surface area (Å²) in [6.45, 7) is 1.82. The molecule has 2 heterocycles. The molecule has 0 amide bonds. The molecule has 3 aromatic rings. The van der Waals surface area contributed by atoms with Gasteiger partial charge in [0.05, 0.1) is 12.3 Å². The molecule has 1 unspecified atom stereocenters. The highest BCUT2D eigenvalue weighted by Gasteiger charge is 2.30. The number of hydrogen-bond donors (Lipinski definition) is 2. The van der Waals surface area contributed by atoms with Crippen molar-refractivity contribution in [3.63, 3.8) is 0 Å². The minimum absolute atomic E-state index is 0.109. The molecule has 6 nitrogen and oxygen atoms in total. The molecule has 0 spiro atoms. The van der Waals surface area contributed by atoms with Crippen molar-refractivity contribution in [2.24, 2.45) is 0 Å². The molecular formula is C23H18N2O4S. The zero-order chi connectivity index (χ0) is 21.1. The Labute approximate surface area is 178 Å². The van der Waals surface area contributed by atoms with Crippen molar-refractivity contribution in [3.05, 3.63) is 101 Å². The maximum absolute atomic E-state index is 13.2. The fourth-order valence-corrected chi connectivity index (χ4v) is 3.57. The lowest BCUT2D eigenvalue weighted by Crippen LogP contribution is -2.44. The number of Topliss-reactive ketones (excluding diaryl/α,β-unsaturated/α-hetero) is 1. The first-order valence-corrected chi connectivity index (χ1v) is 9.67. The van der Waals surface area contributed by atoms with Crippen LogP contribution in [0, 0.1) is 0 Å². The first kappa shape index (κ1) is 19.6. The van der Waals surface area contributed by atoms with Gasteiger partial charge in [0, 0.05) is 16.8 Å². The van der Waals surface area contributed by atoms with E-state index in [4.69, 9.17) is 21.4 Å². The van der Waals surface area contributed by atoms with Crippen LogP contribution in [-0.2, 0) is 0 Å². The van der Waals surface area contributed by atoms with E-state index in [9.17, 15) is 9.59 Å². The summed E-state index contributed by atoms with van der Waals surface area (Å²) in [6, 6.07) is 18.7. The molecule has 0 saturated heterocycles. The molecule has 1 aliphatic heterocycles. The van der Waals surface area contributed by atoms with Gasteiger partial charge < -0.3 is 19.8 Å². The monoisotopic (exact) mass is 418 g/mol. The third kappa shape index (κ3) is 4.01. The molecule has 1 atom stereocenters. The number of furan rings is 1. The van der Waals surface area contributed by atoms with Crippen molar-refractivity contribution in [2.75, 3.05) is 0 Å². The number of carbonyl (C=O) groups is 2. The van der Waals surface area contributed by atoms with E-state index in [0.29, 0.717) is 27.7 Å². The average Bonchev–Trinajstić information content (AvgIpc) is 3.29. The Morgan fingerprint density at radius 3 is 2.57 bits per heavy atom. The predicted octanol–water partition coefficient (Wildman–Crippen LogP) is 4.17. The molecule has 7 heteroatoms. The van der Waals surface area contributed by atoms with Gasteiger partial charge in [-0.3, -0.25) is 4.79 Å².